The maximum absolute atomic E-state index is 11.8. The van der Waals surface area contributed by atoms with E-state index in [1.165, 1.54) is 25.3 Å². The lowest BCUT2D eigenvalue weighted by Crippen LogP contribution is -2.31. The third-order valence-corrected chi connectivity index (χ3v) is 3.92. The second-order valence-electron chi connectivity index (χ2n) is 5.11. The van der Waals surface area contributed by atoms with Crippen LogP contribution in [0.5, 0.6) is 0 Å². The van der Waals surface area contributed by atoms with Crippen molar-refractivity contribution in [2.45, 2.75) is 6.42 Å². The second-order valence-corrected chi connectivity index (χ2v) is 5.52. The topological polar surface area (TPSA) is 102 Å². The van der Waals surface area contributed by atoms with Crippen LogP contribution in [-0.2, 0) is 14.3 Å². The molecule has 0 aromatic heterocycles. The summed E-state index contributed by atoms with van der Waals surface area (Å²) in [6, 6.07) is 4.13. The van der Waals surface area contributed by atoms with Gasteiger partial charge >= 0.3 is 5.97 Å². The number of hydrogen-bond donors (Lipinski definition) is 1. The average molecular weight is 342 g/mol. The van der Waals surface area contributed by atoms with Gasteiger partial charge in [0.2, 0.25) is 5.91 Å². The zero-order chi connectivity index (χ0) is 17.0. The molecule has 1 N–H and O–H groups in total. The van der Waals surface area contributed by atoms with Crippen molar-refractivity contribution in [1.82, 2.24) is 4.90 Å². The summed E-state index contributed by atoms with van der Waals surface area (Å²) in [7, 11) is 1.30. The first kappa shape index (κ1) is 17.0. The number of anilines is 1. The number of ether oxygens (including phenoxy) is 1. The van der Waals surface area contributed by atoms with E-state index in [2.05, 4.69) is 10.1 Å². The number of benzene rings is 1. The molecule has 0 aliphatic carbocycles. The smallest absolute Gasteiger partial charge is 0.310 e. The number of esters is 1. The fraction of sp³-hybridized carbons (Fsp3) is 0.429. The maximum atomic E-state index is 11.8. The summed E-state index contributed by atoms with van der Waals surface area (Å²) in [5.74, 6) is -0.903. The molecule has 1 aliphatic heterocycles. The maximum Gasteiger partial charge on any atom is 0.310 e. The van der Waals surface area contributed by atoms with Crippen LogP contribution >= 0.6 is 11.6 Å². The number of nitro benzene ring substituents is 1. The second kappa shape index (κ2) is 7.28. The van der Waals surface area contributed by atoms with E-state index in [9.17, 15) is 19.7 Å². The highest BCUT2D eigenvalue weighted by molar-refractivity contribution is 6.33. The predicted molar refractivity (Wildman–Crippen MR) is 83.3 cm³/mol. The van der Waals surface area contributed by atoms with Crippen LogP contribution in [0.25, 0.3) is 0 Å². The highest BCUT2D eigenvalue weighted by Crippen LogP contribution is 2.26. The number of carbonyl (C=O) groups excluding carboxylic acids is 2. The lowest BCUT2D eigenvalue weighted by Gasteiger charge is -2.17. The van der Waals surface area contributed by atoms with Gasteiger partial charge in [-0.1, -0.05) is 11.6 Å². The van der Waals surface area contributed by atoms with Crippen molar-refractivity contribution in [3.63, 3.8) is 0 Å². The van der Waals surface area contributed by atoms with Gasteiger partial charge in [0.15, 0.2) is 0 Å². The molecule has 23 heavy (non-hydrogen) atoms. The summed E-state index contributed by atoms with van der Waals surface area (Å²) < 4.78 is 4.64. The van der Waals surface area contributed by atoms with Gasteiger partial charge in [-0.2, -0.15) is 0 Å². The average Bonchev–Trinajstić information content (AvgIpc) is 2.89. The largest absolute Gasteiger partial charge is 0.469 e. The van der Waals surface area contributed by atoms with Gasteiger partial charge in [0.1, 0.15) is 0 Å². The van der Waals surface area contributed by atoms with Gasteiger partial charge < -0.3 is 15.0 Å². The van der Waals surface area contributed by atoms with Gasteiger partial charge in [0.05, 0.1) is 28.7 Å². The fourth-order valence-electron chi connectivity index (χ4n) is 2.40. The monoisotopic (exact) mass is 341 g/mol. The van der Waals surface area contributed by atoms with Crippen molar-refractivity contribution in [3.8, 4) is 0 Å². The normalized spacial score (nSPS) is 17.2. The number of likely N-dealkylation sites (tertiary alicyclic amines) is 1. The standard InChI is InChI=1S/C14H16ClN3O5/c1-23-14(20)9-6-13(19)17(8-9)5-4-16-12-3-2-10(18(21)22)7-11(12)15/h2-3,7,9,16H,4-6,8H2,1H3/t9-/m0/s1. The van der Waals surface area contributed by atoms with Gasteiger partial charge in [0, 0.05) is 38.2 Å². The van der Waals surface area contributed by atoms with Crippen molar-refractivity contribution in [2.24, 2.45) is 5.92 Å². The molecular weight excluding hydrogens is 326 g/mol. The molecule has 0 radical (unpaired) electrons. The summed E-state index contributed by atoms with van der Waals surface area (Å²) >= 11 is 5.97. The van der Waals surface area contributed by atoms with Crippen LogP contribution in [0.3, 0.4) is 0 Å². The van der Waals surface area contributed by atoms with Gasteiger partial charge in [-0.3, -0.25) is 19.7 Å². The number of nitrogens with one attached hydrogen (secondary N) is 1. The number of hydrogen-bond acceptors (Lipinski definition) is 6. The lowest BCUT2D eigenvalue weighted by molar-refractivity contribution is -0.384. The number of nitro groups is 1. The molecule has 8 nitrogen and oxygen atoms in total. The Kier molecular flexibility index (Phi) is 5.38. The van der Waals surface area contributed by atoms with E-state index >= 15 is 0 Å². The first-order valence-corrected chi connectivity index (χ1v) is 7.33. The molecule has 1 aliphatic rings. The van der Waals surface area contributed by atoms with Crippen molar-refractivity contribution >= 4 is 34.9 Å². The first-order chi connectivity index (χ1) is 10.9. The molecule has 0 spiro atoms. The molecule has 0 saturated carbocycles. The van der Waals surface area contributed by atoms with Gasteiger partial charge in [-0.15, -0.1) is 0 Å². The van der Waals surface area contributed by atoms with Crippen LogP contribution in [0.4, 0.5) is 11.4 Å². The molecule has 0 bridgehead atoms. The molecule has 1 saturated heterocycles. The van der Waals surface area contributed by atoms with E-state index in [0.717, 1.165) is 0 Å². The number of methoxy groups -OCH3 is 1. The predicted octanol–water partition coefficient (Wildman–Crippen LogP) is 1.68. The third kappa shape index (κ3) is 4.10. The van der Waals surface area contributed by atoms with E-state index in [1.54, 1.807) is 4.90 Å². The van der Waals surface area contributed by atoms with Crippen LogP contribution in [-0.4, -0.2) is 48.4 Å². The van der Waals surface area contributed by atoms with E-state index in [1.807, 2.05) is 0 Å². The number of nitrogens with zero attached hydrogens (tertiary/aromatic N) is 2. The van der Waals surface area contributed by atoms with Crippen molar-refractivity contribution < 1.29 is 19.2 Å². The Morgan fingerprint density at radius 3 is 2.91 bits per heavy atom. The van der Waals surface area contributed by atoms with E-state index in [4.69, 9.17) is 11.6 Å². The molecule has 1 atom stereocenters. The number of amides is 1. The molecule has 1 fully saturated rings. The summed E-state index contributed by atoms with van der Waals surface area (Å²) in [6.07, 6.45) is 0.158. The minimum atomic E-state index is -0.522. The molecule has 9 heteroatoms. The summed E-state index contributed by atoms with van der Waals surface area (Å²) in [6.45, 7) is 1.15. The van der Waals surface area contributed by atoms with Crippen LogP contribution in [0, 0.1) is 16.0 Å². The zero-order valence-electron chi connectivity index (χ0n) is 12.5. The molecule has 1 heterocycles. The Morgan fingerprint density at radius 1 is 1.57 bits per heavy atom. The highest BCUT2D eigenvalue weighted by Gasteiger charge is 2.34. The Labute approximate surface area is 137 Å². The Morgan fingerprint density at radius 2 is 2.30 bits per heavy atom. The molecule has 124 valence electrons. The van der Waals surface area contributed by atoms with Crippen LogP contribution in [0.15, 0.2) is 18.2 Å². The molecule has 0 unspecified atom stereocenters. The highest BCUT2D eigenvalue weighted by atomic mass is 35.5. The molecule has 1 aromatic rings. The SMILES string of the molecule is COC(=O)[C@H]1CC(=O)N(CCNc2ccc([N+](=O)[O-])cc2Cl)C1. The zero-order valence-corrected chi connectivity index (χ0v) is 13.2. The van der Waals surface area contributed by atoms with Crippen molar-refractivity contribution in [1.29, 1.82) is 0 Å². The number of non-ortho nitro benzene ring substituents is 1. The number of rotatable bonds is 6. The van der Waals surface area contributed by atoms with Gasteiger partial charge in [-0.25, -0.2) is 0 Å². The number of halogens is 1. The van der Waals surface area contributed by atoms with Crippen LogP contribution in [0.1, 0.15) is 6.42 Å². The molecular formula is C14H16ClN3O5. The first-order valence-electron chi connectivity index (χ1n) is 6.95. The van der Waals surface area contributed by atoms with E-state index < -0.39 is 10.8 Å². The summed E-state index contributed by atoms with van der Waals surface area (Å²) in [5, 5.41) is 13.9. The quantitative estimate of drug-likeness (QED) is 0.480. The minimum Gasteiger partial charge on any atom is -0.469 e. The van der Waals surface area contributed by atoms with E-state index in [0.29, 0.717) is 25.3 Å². The Balaban J connectivity index is 1.87. The van der Waals surface area contributed by atoms with E-state index in [-0.39, 0.29) is 29.0 Å². The molecule has 2 rings (SSSR count). The van der Waals surface area contributed by atoms with Crippen LogP contribution < -0.4 is 5.32 Å². The van der Waals surface area contributed by atoms with Crippen molar-refractivity contribution in [3.05, 3.63) is 33.3 Å². The summed E-state index contributed by atoms with van der Waals surface area (Å²) in [4.78, 5) is 35.0. The van der Waals surface area contributed by atoms with Crippen LogP contribution in [0.2, 0.25) is 5.02 Å². The Bertz CT molecular complexity index is 637. The third-order valence-electron chi connectivity index (χ3n) is 3.61. The van der Waals surface area contributed by atoms with Crippen molar-refractivity contribution in [2.75, 3.05) is 32.1 Å². The Hall–Kier alpha value is -2.35. The van der Waals surface area contributed by atoms with Gasteiger partial charge in [0.25, 0.3) is 5.69 Å². The minimum absolute atomic E-state index is 0.0869. The lowest BCUT2D eigenvalue weighted by atomic mass is 10.1. The number of carbonyl (C=O) groups is 2. The summed E-state index contributed by atoms with van der Waals surface area (Å²) in [5.41, 5.74) is 0.463. The van der Waals surface area contributed by atoms with Gasteiger partial charge in [-0.05, 0) is 6.07 Å². The molecule has 1 aromatic carbocycles. The fourth-order valence-corrected chi connectivity index (χ4v) is 2.64. The molecule has 1 amide bonds.